The van der Waals surface area contributed by atoms with E-state index in [4.69, 9.17) is 13.6 Å². The number of phosphoric ester groups is 1. The third kappa shape index (κ3) is 6.68. The molecule has 0 aromatic carbocycles. The maximum absolute atomic E-state index is 12.4. The average Bonchev–Trinajstić information content (AvgIpc) is 2.44. The minimum absolute atomic E-state index is 0.410. The van der Waals surface area contributed by atoms with E-state index in [1.807, 2.05) is 13.8 Å². The molecule has 0 N–H and O–H groups in total. The Labute approximate surface area is 123 Å². The van der Waals surface area contributed by atoms with Gasteiger partial charge in [-0.3, -0.25) is 13.6 Å². The van der Waals surface area contributed by atoms with E-state index in [1.165, 1.54) is 32.4 Å². The van der Waals surface area contributed by atoms with Gasteiger partial charge in [-0.1, -0.05) is 13.8 Å². The standard InChI is InChI=1S/C14H31NO4P/c1-4-12-17-20(16,18-13-5-2)19-14-11-15(3)9-7-6-8-10-15/h4-14H2,1-3H3/q+1. The molecule has 1 fully saturated rings. The monoisotopic (exact) mass is 308 g/mol. The van der Waals surface area contributed by atoms with Gasteiger partial charge >= 0.3 is 7.82 Å². The first kappa shape index (κ1) is 18.1. The molecule has 0 spiro atoms. The number of quaternary nitrogens is 1. The van der Waals surface area contributed by atoms with E-state index in [0.717, 1.165) is 23.9 Å². The Morgan fingerprint density at radius 2 is 1.40 bits per heavy atom. The highest BCUT2D eigenvalue weighted by Gasteiger charge is 2.29. The molecule has 20 heavy (non-hydrogen) atoms. The molecule has 0 aliphatic carbocycles. The molecule has 0 radical (unpaired) electrons. The molecule has 0 aromatic rings. The van der Waals surface area contributed by atoms with Crippen LogP contribution in [0.25, 0.3) is 0 Å². The van der Waals surface area contributed by atoms with Gasteiger partial charge in [-0.2, -0.15) is 0 Å². The predicted octanol–water partition coefficient (Wildman–Crippen LogP) is 3.59. The lowest BCUT2D eigenvalue weighted by molar-refractivity contribution is -0.914. The van der Waals surface area contributed by atoms with Crippen molar-refractivity contribution in [2.45, 2.75) is 46.0 Å². The zero-order valence-electron chi connectivity index (χ0n) is 13.3. The summed E-state index contributed by atoms with van der Waals surface area (Å²) in [6.07, 6.45) is 5.47. The smallest absolute Gasteiger partial charge is 0.324 e. The molecule has 1 rings (SSSR count). The number of rotatable bonds is 10. The maximum atomic E-state index is 12.4. The first-order valence-electron chi connectivity index (χ1n) is 7.91. The Morgan fingerprint density at radius 3 is 1.90 bits per heavy atom. The molecule has 5 nitrogen and oxygen atoms in total. The number of hydrogen-bond donors (Lipinski definition) is 0. The molecule has 0 saturated carbocycles. The van der Waals surface area contributed by atoms with Crippen LogP contribution in [-0.4, -0.2) is 51.0 Å². The summed E-state index contributed by atoms with van der Waals surface area (Å²) in [5.41, 5.74) is 0. The van der Waals surface area contributed by atoms with Gasteiger partial charge in [-0.25, -0.2) is 4.57 Å². The van der Waals surface area contributed by atoms with Crippen LogP contribution in [0.3, 0.4) is 0 Å². The molecule has 1 aliphatic rings. The third-order valence-corrected chi connectivity index (χ3v) is 5.18. The fraction of sp³-hybridized carbons (Fsp3) is 1.00. The van der Waals surface area contributed by atoms with Crippen LogP contribution in [-0.2, 0) is 18.1 Å². The quantitative estimate of drug-likeness (QED) is 0.457. The van der Waals surface area contributed by atoms with E-state index in [9.17, 15) is 4.57 Å². The van der Waals surface area contributed by atoms with Gasteiger partial charge in [-0.15, -0.1) is 0 Å². The molecule has 1 aliphatic heterocycles. The Hall–Kier alpha value is 0.0700. The molecule has 1 saturated heterocycles. The molecule has 120 valence electrons. The van der Waals surface area contributed by atoms with Gasteiger partial charge in [-0.05, 0) is 32.1 Å². The fourth-order valence-corrected chi connectivity index (χ4v) is 3.73. The molecular weight excluding hydrogens is 277 g/mol. The number of likely N-dealkylation sites (tertiary alicyclic amines) is 1. The van der Waals surface area contributed by atoms with Gasteiger partial charge in [0, 0.05) is 0 Å². The van der Waals surface area contributed by atoms with Crippen LogP contribution in [0.5, 0.6) is 0 Å². The number of phosphoric acid groups is 1. The number of hydrogen-bond acceptors (Lipinski definition) is 4. The van der Waals surface area contributed by atoms with Crippen molar-refractivity contribution in [2.75, 3.05) is 46.5 Å². The lowest BCUT2D eigenvalue weighted by Crippen LogP contribution is -2.49. The summed E-state index contributed by atoms with van der Waals surface area (Å²) in [6, 6.07) is 0. The van der Waals surface area contributed by atoms with Crippen LogP contribution in [0.2, 0.25) is 0 Å². The van der Waals surface area contributed by atoms with Gasteiger partial charge in [0.1, 0.15) is 13.2 Å². The van der Waals surface area contributed by atoms with Crippen molar-refractivity contribution in [3.05, 3.63) is 0 Å². The van der Waals surface area contributed by atoms with Gasteiger partial charge in [0.15, 0.2) is 0 Å². The second kappa shape index (κ2) is 9.16. The van der Waals surface area contributed by atoms with Crippen LogP contribution < -0.4 is 0 Å². The van der Waals surface area contributed by atoms with Crippen molar-refractivity contribution in [1.82, 2.24) is 0 Å². The third-order valence-electron chi connectivity index (χ3n) is 3.68. The molecule has 0 bridgehead atoms. The Balaban J connectivity index is 2.38. The van der Waals surface area contributed by atoms with E-state index < -0.39 is 7.82 Å². The molecule has 0 amide bonds. The molecule has 0 atom stereocenters. The van der Waals surface area contributed by atoms with E-state index in [0.29, 0.717) is 19.8 Å². The van der Waals surface area contributed by atoms with Crippen molar-refractivity contribution in [2.24, 2.45) is 0 Å². The highest BCUT2D eigenvalue weighted by Crippen LogP contribution is 2.49. The van der Waals surface area contributed by atoms with E-state index in [1.54, 1.807) is 0 Å². The SMILES string of the molecule is CCCOP(=O)(OCCC)OCC[N+]1(C)CCCCC1. The van der Waals surface area contributed by atoms with Crippen molar-refractivity contribution in [3.63, 3.8) is 0 Å². The summed E-state index contributed by atoms with van der Waals surface area (Å²) in [5.74, 6) is 0. The topological polar surface area (TPSA) is 44.8 Å². The normalized spacial score (nSPS) is 19.1. The Kier molecular flexibility index (Phi) is 8.30. The van der Waals surface area contributed by atoms with Crippen molar-refractivity contribution < 1.29 is 22.6 Å². The highest BCUT2D eigenvalue weighted by molar-refractivity contribution is 7.48. The first-order chi connectivity index (χ1) is 9.54. The number of likely N-dealkylation sites (N-methyl/N-ethyl adjacent to an activating group) is 1. The summed E-state index contributed by atoms with van der Waals surface area (Å²) in [6.45, 7) is 8.43. The molecular formula is C14H31NO4P+. The van der Waals surface area contributed by atoms with Crippen molar-refractivity contribution >= 4 is 7.82 Å². The minimum atomic E-state index is -3.36. The van der Waals surface area contributed by atoms with E-state index in [-0.39, 0.29) is 0 Å². The second-order valence-corrected chi connectivity index (χ2v) is 7.47. The van der Waals surface area contributed by atoms with E-state index in [2.05, 4.69) is 7.05 Å². The molecule has 1 heterocycles. The zero-order chi connectivity index (χ0) is 14.9. The zero-order valence-corrected chi connectivity index (χ0v) is 14.2. The summed E-state index contributed by atoms with van der Waals surface area (Å²) in [4.78, 5) is 0. The lowest BCUT2D eigenvalue weighted by Gasteiger charge is -2.37. The van der Waals surface area contributed by atoms with Crippen LogP contribution in [0.4, 0.5) is 0 Å². The molecule has 6 heteroatoms. The summed E-state index contributed by atoms with van der Waals surface area (Å²) >= 11 is 0. The molecule has 0 unspecified atom stereocenters. The van der Waals surface area contributed by atoms with Crippen LogP contribution in [0, 0.1) is 0 Å². The van der Waals surface area contributed by atoms with Crippen molar-refractivity contribution in [1.29, 1.82) is 0 Å². The lowest BCUT2D eigenvalue weighted by atomic mass is 10.1. The maximum Gasteiger partial charge on any atom is 0.474 e. The summed E-state index contributed by atoms with van der Waals surface area (Å²) in [5, 5.41) is 0. The average molecular weight is 308 g/mol. The van der Waals surface area contributed by atoms with Gasteiger partial charge in [0.25, 0.3) is 0 Å². The highest BCUT2D eigenvalue weighted by atomic mass is 31.2. The Bertz CT molecular complexity index is 294. The van der Waals surface area contributed by atoms with Gasteiger partial charge in [0.05, 0.1) is 33.4 Å². The van der Waals surface area contributed by atoms with Gasteiger partial charge < -0.3 is 4.48 Å². The summed E-state index contributed by atoms with van der Waals surface area (Å²) < 4.78 is 29.5. The van der Waals surface area contributed by atoms with Crippen LogP contribution >= 0.6 is 7.82 Å². The number of piperidine rings is 1. The van der Waals surface area contributed by atoms with Crippen LogP contribution in [0.15, 0.2) is 0 Å². The predicted molar refractivity (Wildman–Crippen MR) is 80.7 cm³/mol. The fourth-order valence-electron chi connectivity index (χ4n) is 2.39. The second-order valence-electron chi connectivity index (χ2n) is 5.80. The first-order valence-corrected chi connectivity index (χ1v) is 9.37. The largest absolute Gasteiger partial charge is 0.474 e. The molecule has 0 aromatic heterocycles. The minimum Gasteiger partial charge on any atom is -0.324 e. The van der Waals surface area contributed by atoms with Gasteiger partial charge in [0.2, 0.25) is 0 Å². The van der Waals surface area contributed by atoms with E-state index >= 15 is 0 Å². The van der Waals surface area contributed by atoms with Crippen LogP contribution in [0.1, 0.15) is 46.0 Å². The summed E-state index contributed by atoms with van der Waals surface area (Å²) in [7, 11) is -1.12. The van der Waals surface area contributed by atoms with Crippen molar-refractivity contribution in [3.8, 4) is 0 Å². The number of nitrogens with zero attached hydrogens (tertiary/aromatic N) is 1. The Morgan fingerprint density at radius 1 is 0.900 bits per heavy atom.